The highest BCUT2D eigenvalue weighted by Crippen LogP contribution is 2.19. The Bertz CT molecular complexity index is 379. The van der Waals surface area contributed by atoms with Crippen molar-refractivity contribution in [3.8, 4) is 18.1 Å². The molecular weight excluding hydrogens is 210 g/mol. The van der Waals surface area contributed by atoms with Crippen LogP contribution in [0.4, 0.5) is 0 Å². The van der Waals surface area contributed by atoms with E-state index in [9.17, 15) is 0 Å². The maximum absolute atomic E-state index is 5.75. The summed E-state index contributed by atoms with van der Waals surface area (Å²) in [6.45, 7) is 6.88. The van der Waals surface area contributed by atoms with Crippen molar-refractivity contribution in [2.24, 2.45) is 0 Å². The van der Waals surface area contributed by atoms with Gasteiger partial charge in [0.1, 0.15) is 5.75 Å². The number of terminal acetylenes is 1. The summed E-state index contributed by atoms with van der Waals surface area (Å²) in [5, 5.41) is 3.33. The van der Waals surface area contributed by atoms with Crippen LogP contribution in [0.25, 0.3) is 0 Å². The Hall–Kier alpha value is -1.46. The zero-order chi connectivity index (χ0) is 12.7. The van der Waals surface area contributed by atoms with Crippen molar-refractivity contribution in [2.75, 3.05) is 0 Å². The summed E-state index contributed by atoms with van der Waals surface area (Å²) in [6.07, 6.45) is 6.54. The molecule has 0 spiro atoms. The van der Waals surface area contributed by atoms with E-state index < -0.39 is 0 Å². The molecule has 0 aliphatic carbocycles. The molecule has 0 aliphatic rings. The molecule has 1 unspecified atom stereocenters. The molecule has 1 N–H and O–H groups in total. The summed E-state index contributed by atoms with van der Waals surface area (Å²) in [4.78, 5) is 0. The fourth-order valence-corrected chi connectivity index (χ4v) is 1.57. The number of benzene rings is 1. The molecule has 0 bridgehead atoms. The van der Waals surface area contributed by atoms with E-state index in [0.717, 1.165) is 24.3 Å². The van der Waals surface area contributed by atoms with Gasteiger partial charge in [-0.05, 0) is 26.3 Å². The van der Waals surface area contributed by atoms with Crippen molar-refractivity contribution >= 4 is 0 Å². The van der Waals surface area contributed by atoms with Crippen LogP contribution in [-0.2, 0) is 6.54 Å². The monoisotopic (exact) mass is 231 g/mol. The van der Waals surface area contributed by atoms with E-state index in [2.05, 4.69) is 24.2 Å². The average Bonchev–Trinajstić information content (AvgIpc) is 2.31. The third-order valence-electron chi connectivity index (χ3n) is 2.48. The standard InChI is InChI=1S/C15H21NO/c1-5-14(6-2)16-11-13-9-7-8-10-15(13)17-12(3)4/h1,7-10,12,14,16H,6,11H2,2-4H3. The molecule has 0 saturated carbocycles. The lowest BCUT2D eigenvalue weighted by molar-refractivity contribution is 0.239. The molecule has 0 heterocycles. The highest BCUT2D eigenvalue weighted by Gasteiger charge is 2.06. The molecule has 2 nitrogen and oxygen atoms in total. The van der Waals surface area contributed by atoms with E-state index in [1.54, 1.807) is 0 Å². The van der Waals surface area contributed by atoms with Gasteiger partial charge in [-0.3, -0.25) is 5.32 Å². The molecule has 0 aliphatic heterocycles. The van der Waals surface area contributed by atoms with Gasteiger partial charge < -0.3 is 4.74 Å². The lowest BCUT2D eigenvalue weighted by Crippen LogP contribution is -2.26. The Labute approximate surface area is 104 Å². The summed E-state index contributed by atoms with van der Waals surface area (Å²) in [6, 6.07) is 8.19. The molecule has 17 heavy (non-hydrogen) atoms. The van der Waals surface area contributed by atoms with E-state index >= 15 is 0 Å². The molecule has 92 valence electrons. The van der Waals surface area contributed by atoms with Gasteiger partial charge in [-0.2, -0.15) is 0 Å². The number of rotatable bonds is 6. The second kappa shape index (κ2) is 6.98. The summed E-state index contributed by atoms with van der Waals surface area (Å²) in [5.74, 6) is 3.66. The largest absolute Gasteiger partial charge is 0.491 e. The number of ether oxygens (including phenoxy) is 1. The number of para-hydroxylation sites is 1. The average molecular weight is 231 g/mol. The van der Waals surface area contributed by atoms with Gasteiger partial charge in [0.2, 0.25) is 0 Å². The first-order chi connectivity index (χ1) is 8.17. The Morgan fingerprint density at radius 3 is 2.65 bits per heavy atom. The smallest absolute Gasteiger partial charge is 0.124 e. The molecule has 1 rings (SSSR count). The summed E-state index contributed by atoms with van der Waals surface area (Å²) >= 11 is 0. The van der Waals surface area contributed by atoms with E-state index in [-0.39, 0.29) is 12.1 Å². The number of hydrogen-bond acceptors (Lipinski definition) is 2. The van der Waals surface area contributed by atoms with Crippen molar-refractivity contribution in [1.82, 2.24) is 5.32 Å². The van der Waals surface area contributed by atoms with Crippen LogP contribution in [-0.4, -0.2) is 12.1 Å². The van der Waals surface area contributed by atoms with Crippen LogP contribution in [0.15, 0.2) is 24.3 Å². The lowest BCUT2D eigenvalue weighted by atomic mass is 10.1. The zero-order valence-corrected chi connectivity index (χ0v) is 10.9. The van der Waals surface area contributed by atoms with Gasteiger partial charge in [0.15, 0.2) is 0 Å². The lowest BCUT2D eigenvalue weighted by Gasteiger charge is -2.16. The second-order valence-electron chi connectivity index (χ2n) is 4.28. The van der Waals surface area contributed by atoms with Crippen LogP contribution in [0.3, 0.4) is 0 Å². The second-order valence-corrected chi connectivity index (χ2v) is 4.28. The van der Waals surface area contributed by atoms with Gasteiger partial charge in [-0.25, -0.2) is 0 Å². The fraction of sp³-hybridized carbons (Fsp3) is 0.467. The van der Waals surface area contributed by atoms with E-state index in [0.29, 0.717) is 0 Å². The minimum absolute atomic E-state index is 0.127. The van der Waals surface area contributed by atoms with Crippen LogP contribution in [0, 0.1) is 12.3 Å². The zero-order valence-electron chi connectivity index (χ0n) is 10.9. The highest BCUT2D eigenvalue weighted by molar-refractivity contribution is 5.33. The molecular formula is C15H21NO. The van der Waals surface area contributed by atoms with Crippen molar-refractivity contribution in [1.29, 1.82) is 0 Å². The minimum atomic E-state index is 0.127. The van der Waals surface area contributed by atoms with Crippen LogP contribution in [0.2, 0.25) is 0 Å². The fourth-order valence-electron chi connectivity index (χ4n) is 1.57. The predicted octanol–water partition coefficient (Wildman–Crippen LogP) is 2.98. The van der Waals surface area contributed by atoms with Crippen LogP contribution in [0.5, 0.6) is 5.75 Å². The van der Waals surface area contributed by atoms with Crippen molar-refractivity contribution in [3.05, 3.63) is 29.8 Å². The first kappa shape index (κ1) is 13.6. The van der Waals surface area contributed by atoms with Gasteiger partial charge in [0.05, 0.1) is 12.1 Å². The molecule has 1 aromatic carbocycles. The molecule has 1 atom stereocenters. The predicted molar refractivity (Wildman–Crippen MR) is 72.0 cm³/mol. The number of nitrogens with one attached hydrogen (secondary N) is 1. The van der Waals surface area contributed by atoms with Gasteiger partial charge >= 0.3 is 0 Å². The molecule has 0 fully saturated rings. The van der Waals surface area contributed by atoms with E-state index in [1.807, 2.05) is 32.0 Å². The van der Waals surface area contributed by atoms with Crippen LogP contribution in [0.1, 0.15) is 32.8 Å². The molecule has 0 radical (unpaired) electrons. The Morgan fingerprint density at radius 2 is 2.06 bits per heavy atom. The molecule has 2 heteroatoms. The third kappa shape index (κ3) is 4.50. The quantitative estimate of drug-likeness (QED) is 0.760. The first-order valence-electron chi connectivity index (χ1n) is 6.11. The Kier molecular flexibility index (Phi) is 5.59. The van der Waals surface area contributed by atoms with E-state index in [1.165, 1.54) is 0 Å². The summed E-state index contributed by atoms with van der Waals surface area (Å²) < 4.78 is 5.75. The van der Waals surface area contributed by atoms with Crippen molar-refractivity contribution < 1.29 is 4.74 Å². The molecule has 0 saturated heterocycles. The molecule has 1 aromatic rings. The van der Waals surface area contributed by atoms with E-state index in [4.69, 9.17) is 11.2 Å². The first-order valence-corrected chi connectivity index (χ1v) is 6.11. The summed E-state index contributed by atoms with van der Waals surface area (Å²) in [7, 11) is 0. The Morgan fingerprint density at radius 1 is 1.35 bits per heavy atom. The minimum Gasteiger partial charge on any atom is -0.491 e. The van der Waals surface area contributed by atoms with Crippen molar-refractivity contribution in [3.63, 3.8) is 0 Å². The maximum Gasteiger partial charge on any atom is 0.124 e. The topological polar surface area (TPSA) is 21.3 Å². The van der Waals surface area contributed by atoms with Gasteiger partial charge in [0.25, 0.3) is 0 Å². The van der Waals surface area contributed by atoms with Gasteiger partial charge in [-0.1, -0.05) is 31.0 Å². The maximum atomic E-state index is 5.75. The van der Waals surface area contributed by atoms with Gasteiger partial charge in [0, 0.05) is 12.1 Å². The molecule has 0 amide bonds. The van der Waals surface area contributed by atoms with Crippen molar-refractivity contribution in [2.45, 2.75) is 45.9 Å². The number of hydrogen-bond donors (Lipinski definition) is 1. The summed E-state index contributed by atoms with van der Waals surface area (Å²) in [5.41, 5.74) is 1.15. The molecule has 0 aromatic heterocycles. The third-order valence-corrected chi connectivity index (χ3v) is 2.48. The van der Waals surface area contributed by atoms with Crippen LogP contribution >= 0.6 is 0 Å². The normalized spacial score (nSPS) is 12.2. The highest BCUT2D eigenvalue weighted by atomic mass is 16.5. The van der Waals surface area contributed by atoms with Crippen LogP contribution < -0.4 is 10.1 Å². The Balaban J connectivity index is 2.67. The SMILES string of the molecule is C#CC(CC)NCc1ccccc1OC(C)C. The van der Waals surface area contributed by atoms with Gasteiger partial charge in [-0.15, -0.1) is 6.42 Å².